The van der Waals surface area contributed by atoms with Crippen molar-refractivity contribution in [3.8, 4) is 0 Å². The van der Waals surface area contributed by atoms with Gasteiger partial charge in [0, 0.05) is 5.54 Å². The average molecular weight is 164 g/mol. The molecule has 0 heterocycles. The van der Waals surface area contributed by atoms with Gasteiger partial charge in [-0.15, -0.1) is 12.4 Å². The molecule has 3 fully saturated rings. The molecule has 0 aromatic rings. The number of hydrogen-bond acceptors (Lipinski definition) is 2. The van der Waals surface area contributed by atoms with Gasteiger partial charge in [-0.2, -0.15) is 0 Å². The third kappa shape index (κ3) is 1.04. The van der Waals surface area contributed by atoms with Crippen molar-refractivity contribution in [1.29, 1.82) is 0 Å². The third-order valence-corrected chi connectivity index (χ3v) is 2.68. The van der Waals surface area contributed by atoms with Crippen molar-refractivity contribution in [1.82, 2.24) is 0 Å². The Hall–Kier alpha value is 0.210. The van der Waals surface area contributed by atoms with E-state index in [-0.39, 0.29) is 23.5 Å². The molecule has 3 aliphatic rings. The molecule has 0 amide bonds. The van der Waals surface area contributed by atoms with E-state index >= 15 is 0 Å². The number of nitrogens with two attached hydrogens (primary N) is 1. The summed E-state index contributed by atoms with van der Waals surface area (Å²) in [7, 11) is 0. The predicted octanol–water partition coefficient (Wildman–Crippen LogP) is 0.815. The maximum absolute atomic E-state index is 9.53. The molecule has 0 aliphatic heterocycles. The predicted molar refractivity (Wildman–Crippen MR) is 42.2 cm³/mol. The van der Waals surface area contributed by atoms with Crippen molar-refractivity contribution < 1.29 is 5.11 Å². The zero-order valence-electron chi connectivity index (χ0n) is 5.97. The summed E-state index contributed by atoms with van der Waals surface area (Å²) in [6.07, 6.45) is 4.91. The van der Waals surface area contributed by atoms with Crippen molar-refractivity contribution >= 4 is 12.4 Å². The molecule has 0 aromatic carbocycles. The highest BCUT2D eigenvalue weighted by molar-refractivity contribution is 5.85. The van der Waals surface area contributed by atoms with E-state index in [4.69, 9.17) is 5.73 Å². The SMILES string of the molecule is Cl.NC12CCCC(O)(C1)C2. The fraction of sp³-hybridized carbons (Fsp3) is 1.00. The fourth-order valence-corrected chi connectivity index (χ4v) is 2.38. The summed E-state index contributed by atoms with van der Waals surface area (Å²) in [5, 5.41) is 9.53. The molecule has 0 atom stereocenters. The monoisotopic (exact) mass is 163 g/mol. The molecule has 60 valence electrons. The summed E-state index contributed by atoms with van der Waals surface area (Å²) in [5.74, 6) is 0. The smallest absolute Gasteiger partial charge is 0.0682 e. The molecule has 10 heavy (non-hydrogen) atoms. The summed E-state index contributed by atoms with van der Waals surface area (Å²) in [4.78, 5) is 0. The van der Waals surface area contributed by atoms with E-state index in [1.165, 1.54) is 0 Å². The molecular weight excluding hydrogens is 150 g/mol. The Labute approximate surface area is 67.2 Å². The van der Waals surface area contributed by atoms with Gasteiger partial charge in [0.25, 0.3) is 0 Å². The van der Waals surface area contributed by atoms with Crippen LogP contribution in [0.25, 0.3) is 0 Å². The highest BCUT2D eigenvalue weighted by atomic mass is 35.5. The van der Waals surface area contributed by atoms with Crippen LogP contribution in [0, 0.1) is 0 Å². The highest BCUT2D eigenvalue weighted by Gasteiger charge is 2.53. The first-order valence-electron chi connectivity index (χ1n) is 3.63. The maximum Gasteiger partial charge on any atom is 0.0682 e. The highest BCUT2D eigenvalue weighted by Crippen LogP contribution is 2.50. The average Bonchev–Trinajstić information content (AvgIpc) is 1.59. The Morgan fingerprint density at radius 1 is 1.20 bits per heavy atom. The van der Waals surface area contributed by atoms with E-state index in [0.717, 1.165) is 32.1 Å². The van der Waals surface area contributed by atoms with Crippen molar-refractivity contribution in [3.05, 3.63) is 0 Å². The van der Waals surface area contributed by atoms with Gasteiger partial charge in [-0.3, -0.25) is 0 Å². The molecule has 0 aromatic heterocycles. The van der Waals surface area contributed by atoms with Gasteiger partial charge < -0.3 is 10.8 Å². The van der Waals surface area contributed by atoms with E-state index in [1.54, 1.807) is 0 Å². The first-order valence-corrected chi connectivity index (χ1v) is 3.63. The Morgan fingerprint density at radius 2 is 1.80 bits per heavy atom. The molecule has 3 heteroatoms. The zero-order chi connectivity index (χ0) is 6.54. The van der Waals surface area contributed by atoms with Gasteiger partial charge in [-0.25, -0.2) is 0 Å². The molecule has 0 spiro atoms. The zero-order valence-corrected chi connectivity index (χ0v) is 6.78. The molecule has 0 saturated heterocycles. The van der Waals surface area contributed by atoms with Crippen LogP contribution in [0.1, 0.15) is 32.1 Å². The van der Waals surface area contributed by atoms with Crippen LogP contribution in [-0.2, 0) is 0 Å². The van der Waals surface area contributed by atoms with Crippen LogP contribution in [0.2, 0.25) is 0 Å². The van der Waals surface area contributed by atoms with Crippen molar-refractivity contribution in [2.75, 3.05) is 0 Å². The van der Waals surface area contributed by atoms with E-state index < -0.39 is 0 Å². The number of hydrogen-bond donors (Lipinski definition) is 2. The van der Waals surface area contributed by atoms with E-state index in [9.17, 15) is 5.11 Å². The lowest BCUT2D eigenvalue weighted by Gasteiger charge is -2.55. The van der Waals surface area contributed by atoms with Crippen molar-refractivity contribution in [2.24, 2.45) is 5.73 Å². The van der Waals surface area contributed by atoms with Crippen LogP contribution in [0.5, 0.6) is 0 Å². The minimum absolute atomic E-state index is 0. The van der Waals surface area contributed by atoms with Crippen LogP contribution in [0.4, 0.5) is 0 Å². The lowest BCUT2D eigenvalue weighted by molar-refractivity contribution is -0.122. The summed E-state index contributed by atoms with van der Waals surface area (Å²) in [6.45, 7) is 0. The van der Waals surface area contributed by atoms with Crippen LogP contribution < -0.4 is 5.73 Å². The quantitative estimate of drug-likeness (QED) is 0.556. The number of fused-ring (bicyclic) bond motifs is 2. The summed E-state index contributed by atoms with van der Waals surface area (Å²) in [6, 6.07) is 0. The number of rotatable bonds is 0. The standard InChI is InChI=1S/C7H13NO.ClH/c8-6-2-1-3-7(9,4-6)5-6;/h9H,1-5,8H2;1H. The van der Waals surface area contributed by atoms with Gasteiger partial charge in [0.05, 0.1) is 5.60 Å². The second-order valence-corrected chi connectivity index (χ2v) is 3.79. The maximum atomic E-state index is 9.53. The third-order valence-electron chi connectivity index (χ3n) is 2.68. The Bertz CT molecular complexity index is 129. The van der Waals surface area contributed by atoms with E-state index in [0.29, 0.717) is 0 Å². The summed E-state index contributed by atoms with van der Waals surface area (Å²) in [5.41, 5.74) is 5.56. The normalized spacial score (nSPS) is 51.0. The second-order valence-electron chi connectivity index (χ2n) is 3.79. The molecule has 2 nitrogen and oxygen atoms in total. The first kappa shape index (κ1) is 8.31. The van der Waals surface area contributed by atoms with Gasteiger partial charge in [-0.1, -0.05) is 0 Å². The number of halogens is 1. The topological polar surface area (TPSA) is 46.2 Å². The molecular formula is C7H14ClNO. The Kier molecular flexibility index (Phi) is 1.74. The molecule has 0 radical (unpaired) electrons. The lowest BCUT2D eigenvalue weighted by atomic mass is 9.57. The molecule has 3 saturated carbocycles. The Morgan fingerprint density at radius 3 is 2.10 bits per heavy atom. The van der Waals surface area contributed by atoms with Gasteiger partial charge in [-0.05, 0) is 32.1 Å². The minimum Gasteiger partial charge on any atom is -0.390 e. The molecule has 2 bridgehead atoms. The van der Waals surface area contributed by atoms with Gasteiger partial charge >= 0.3 is 0 Å². The van der Waals surface area contributed by atoms with E-state index in [2.05, 4.69) is 0 Å². The molecule has 3 rings (SSSR count). The van der Waals surface area contributed by atoms with Gasteiger partial charge in [0.1, 0.15) is 0 Å². The minimum atomic E-state index is -0.340. The summed E-state index contributed by atoms with van der Waals surface area (Å²) >= 11 is 0. The molecule has 3 N–H and O–H groups in total. The fourth-order valence-electron chi connectivity index (χ4n) is 2.38. The van der Waals surface area contributed by atoms with Crippen LogP contribution in [-0.4, -0.2) is 16.2 Å². The largest absolute Gasteiger partial charge is 0.390 e. The lowest BCUT2D eigenvalue weighted by Crippen LogP contribution is -2.64. The second kappa shape index (κ2) is 2.10. The van der Waals surface area contributed by atoms with Gasteiger partial charge in [0.2, 0.25) is 0 Å². The number of aliphatic hydroxyl groups is 1. The van der Waals surface area contributed by atoms with Crippen LogP contribution in [0.3, 0.4) is 0 Å². The van der Waals surface area contributed by atoms with Gasteiger partial charge in [0.15, 0.2) is 0 Å². The van der Waals surface area contributed by atoms with Crippen molar-refractivity contribution in [3.63, 3.8) is 0 Å². The van der Waals surface area contributed by atoms with Crippen LogP contribution in [0.15, 0.2) is 0 Å². The van der Waals surface area contributed by atoms with Crippen molar-refractivity contribution in [2.45, 2.75) is 43.2 Å². The van der Waals surface area contributed by atoms with E-state index in [1.807, 2.05) is 0 Å². The van der Waals surface area contributed by atoms with Crippen LogP contribution >= 0.6 is 12.4 Å². The Balaban J connectivity index is 0.000000500. The molecule has 3 aliphatic carbocycles. The molecule has 0 unspecified atom stereocenters. The first-order chi connectivity index (χ1) is 4.12. The summed E-state index contributed by atoms with van der Waals surface area (Å²) < 4.78 is 0.